The van der Waals surface area contributed by atoms with Crippen LogP contribution in [-0.4, -0.2) is 11.9 Å². The van der Waals surface area contributed by atoms with Gasteiger partial charge in [0.15, 0.2) is 0 Å². The topological polar surface area (TPSA) is 43.4 Å². The van der Waals surface area contributed by atoms with Crippen molar-refractivity contribution in [1.29, 1.82) is 0 Å². The van der Waals surface area contributed by atoms with Crippen LogP contribution in [0.2, 0.25) is 0 Å². The van der Waals surface area contributed by atoms with Crippen molar-refractivity contribution >= 4 is 11.9 Å². The van der Waals surface area contributed by atoms with Gasteiger partial charge in [0.05, 0.1) is 0 Å². The summed E-state index contributed by atoms with van der Waals surface area (Å²) in [6.07, 6.45) is 0. The maximum atomic E-state index is 9.81. The largest absolute Gasteiger partial charge is 3.00 e. The Hall–Kier alpha value is -0.328. The van der Waals surface area contributed by atoms with E-state index in [4.69, 9.17) is 0 Å². The number of carbonyl (C=O) groups excluding carboxylic acids is 2. The molecule has 43 valence electrons. The van der Waals surface area contributed by atoms with Gasteiger partial charge in [0.25, 0.3) is 0 Å². The molecule has 0 aliphatic heterocycles. The van der Waals surface area contributed by atoms with E-state index in [9.17, 15) is 9.59 Å². The number of carbonyl (C=O) groups is 2. The minimum absolute atomic E-state index is 0. The van der Waals surface area contributed by atoms with E-state index in [1.807, 2.05) is 0 Å². The Kier molecular flexibility index (Phi) is 6.40. The van der Waals surface area contributed by atoms with Crippen LogP contribution in [0.5, 0.6) is 0 Å². The van der Waals surface area contributed by atoms with Crippen LogP contribution in [0.1, 0.15) is 13.8 Å². The molecule has 0 aliphatic rings. The molecule has 1 radical (unpaired) electrons. The maximum absolute atomic E-state index is 9.81. The van der Waals surface area contributed by atoms with Crippen molar-refractivity contribution in [2.24, 2.45) is 0 Å². The van der Waals surface area contributed by atoms with Gasteiger partial charge in [0.1, 0.15) is 0 Å². The third kappa shape index (κ3) is 9.18. The van der Waals surface area contributed by atoms with Crippen molar-refractivity contribution in [2.75, 3.05) is 0 Å². The minimum atomic E-state index is -0.562. The summed E-state index contributed by atoms with van der Waals surface area (Å²) < 4.78 is 3.97. The van der Waals surface area contributed by atoms with Crippen LogP contribution < -0.4 is 0 Å². The molecular weight excluding hydrogens is 148 g/mol. The third-order valence-corrected chi connectivity index (χ3v) is 0.287. The third-order valence-electron chi connectivity index (χ3n) is 0.287. The second kappa shape index (κ2) is 4.82. The molecule has 0 aliphatic carbocycles. The number of ether oxygens (including phenoxy) is 1. The number of hydrogen-bond donors (Lipinski definition) is 0. The molecule has 0 heterocycles. The number of hydrogen-bond acceptors (Lipinski definition) is 3. The van der Waals surface area contributed by atoms with E-state index in [-0.39, 0.29) is 17.4 Å². The predicted molar refractivity (Wildman–Crippen MR) is 22.4 cm³/mol. The van der Waals surface area contributed by atoms with Crippen molar-refractivity contribution in [1.82, 2.24) is 0 Å². The van der Waals surface area contributed by atoms with E-state index >= 15 is 0 Å². The summed E-state index contributed by atoms with van der Waals surface area (Å²) in [6.45, 7) is 2.36. The standard InChI is InChI=1S/C4H6O3.Cr/c1-3(5)7-4(2)6;/h1-2H3;/q;+3. The van der Waals surface area contributed by atoms with E-state index in [0.717, 1.165) is 0 Å². The summed E-state index contributed by atoms with van der Waals surface area (Å²) in [6, 6.07) is 0. The van der Waals surface area contributed by atoms with Crippen LogP contribution in [0, 0.1) is 0 Å². The van der Waals surface area contributed by atoms with E-state index < -0.39 is 11.9 Å². The molecule has 8 heavy (non-hydrogen) atoms. The van der Waals surface area contributed by atoms with Gasteiger partial charge in [0.2, 0.25) is 0 Å². The second-order valence-corrected chi connectivity index (χ2v) is 1.09. The Balaban J connectivity index is 0. The monoisotopic (exact) mass is 154 g/mol. The molecule has 0 unspecified atom stereocenters. The van der Waals surface area contributed by atoms with Gasteiger partial charge in [-0.2, -0.15) is 0 Å². The van der Waals surface area contributed by atoms with E-state index in [1.165, 1.54) is 13.8 Å². The first-order valence-corrected chi connectivity index (χ1v) is 1.82. The molecule has 4 heteroatoms. The quantitative estimate of drug-likeness (QED) is 0.367. The molecule has 3 nitrogen and oxygen atoms in total. The van der Waals surface area contributed by atoms with Crippen molar-refractivity contribution in [3.8, 4) is 0 Å². The fourth-order valence-corrected chi connectivity index (χ4v) is 0.202. The summed E-state index contributed by atoms with van der Waals surface area (Å²) in [4.78, 5) is 19.6. The summed E-state index contributed by atoms with van der Waals surface area (Å²) in [7, 11) is 0. The van der Waals surface area contributed by atoms with Crippen LogP contribution in [0.4, 0.5) is 0 Å². The average molecular weight is 154 g/mol. The van der Waals surface area contributed by atoms with Gasteiger partial charge in [-0.1, -0.05) is 0 Å². The molecule has 0 rings (SSSR count). The first-order valence-electron chi connectivity index (χ1n) is 1.82. The zero-order chi connectivity index (χ0) is 5.86. The van der Waals surface area contributed by atoms with E-state index in [0.29, 0.717) is 0 Å². The van der Waals surface area contributed by atoms with Crippen LogP contribution in [0.3, 0.4) is 0 Å². The fraction of sp³-hybridized carbons (Fsp3) is 0.500. The number of esters is 2. The van der Waals surface area contributed by atoms with Gasteiger partial charge < -0.3 is 4.74 Å². The minimum Gasteiger partial charge on any atom is -0.394 e. The summed E-state index contributed by atoms with van der Waals surface area (Å²) in [5.41, 5.74) is 0. The first-order chi connectivity index (χ1) is 3.13. The van der Waals surface area contributed by atoms with Gasteiger partial charge in [0, 0.05) is 13.8 Å². The molecule has 0 saturated heterocycles. The predicted octanol–water partition coefficient (Wildman–Crippen LogP) is 0.0935. The molecule has 0 saturated carbocycles. The van der Waals surface area contributed by atoms with Crippen molar-refractivity contribution in [2.45, 2.75) is 13.8 Å². The number of rotatable bonds is 0. The van der Waals surface area contributed by atoms with E-state index in [2.05, 4.69) is 4.74 Å². The van der Waals surface area contributed by atoms with Crippen molar-refractivity contribution in [3.05, 3.63) is 0 Å². The molecule has 0 aromatic rings. The second-order valence-electron chi connectivity index (χ2n) is 1.09. The van der Waals surface area contributed by atoms with Gasteiger partial charge >= 0.3 is 29.3 Å². The molecular formula is C4H6CrO3+3. The fourth-order valence-electron chi connectivity index (χ4n) is 0.202. The maximum Gasteiger partial charge on any atom is 3.00 e. The molecule has 0 spiro atoms. The van der Waals surface area contributed by atoms with Crippen LogP contribution in [0.25, 0.3) is 0 Å². The van der Waals surface area contributed by atoms with Gasteiger partial charge in [-0.25, -0.2) is 0 Å². The van der Waals surface area contributed by atoms with Gasteiger partial charge in [-0.3, -0.25) is 9.59 Å². The van der Waals surface area contributed by atoms with E-state index in [1.54, 1.807) is 0 Å². The van der Waals surface area contributed by atoms with Crippen LogP contribution in [-0.2, 0) is 31.7 Å². The summed E-state index contributed by atoms with van der Waals surface area (Å²) >= 11 is 0. The van der Waals surface area contributed by atoms with Crippen molar-refractivity contribution < 1.29 is 31.7 Å². The smallest absolute Gasteiger partial charge is 0.394 e. The Bertz CT molecular complexity index is 87.5. The average Bonchev–Trinajstić information content (AvgIpc) is 1.27. The first kappa shape index (κ1) is 10.6. The summed E-state index contributed by atoms with van der Waals surface area (Å²) in [5.74, 6) is -1.12. The molecule has 0 bridgehead atoms. The Morgan fingerprint density at radius 2 is 1.38 bits per heavy atom. The molecule has 0 amide bonds. The van der Waals surface area contributed by atoms with Crippen molar-refractivity contribution in [3.63, 3.8) is 0 Å². The Labute approximate surface area is 58.1 Å². The molecule has 0 aromatic heterocycles. The molecule has 0 N–H and O–H groups in total. The van der Waals surface area contributed by atoms with Gasteiger partial charge in [-0.15, -0.1) is 0 Å². The van der Waals surface area contributed by atoms with Crippen LogP contribution in [0.15, 0.2) is 0 Å². The molecule has 0 atom stereocenters. The Morgan fingerprint density at radius 3 is 1.38 bits per heavy atom. The zero-order valence-electron chi connectivity index (χ0n) is 4.63. The normalized spacial score (nSPS) is 6.75. The SMILES string of the molecule is CC(=O)OC(C)=O.[Cr+3]. The zero-order valence-corrected chi connectivity index (χ0v) is 5.91. The van der Waals surface area contributed by atoms with Crippen LogP contribution >= 0.6 is 0 Å². The molecule has 0 aromatic carbocycles. The Morgan fingerprint density at radius 1 is 1.12 bits per heavy atom. The molecule has 0 fully saturated rings. The van der Waals surface area contributed by atoms with Gasteiger partial charge in [-0.05, 0) is 0 Å². The summed E-state index contributed by atoms with van der Waals surface area (Å²) in [5, 5.41) is 0.